The highest BCUT2D eigenvalue weighted by molar-refractivity contribution is 5.13. The average Bonchev–Trinajstić information content (AvgIpc) is 2.03. The van der Waals surface area contributed by atoms with Crippen molar-refractivity contribution in [3.05, 3.63) is 29.6 Å². The van der Waals surface area contributed by atoms with Gasteiger partial charge in [0.1, 0.15) is 0 Å². The second kappa shape index (κ2) is 3.70. The lowest BCUT2D eigenvalue weighted by molar-refractivity contribution is 0.523. The average molecular weight is 163 g/mol. The summed E-state index contributed by atoms with van der Waals surface area (Å²) in [7, 11) is 0. The van der Waals surface area contributed by atoms with Crippen molar-refractivity contribution >= 4 is 0 Å². The number of nitrogens with zero attached hydrogens (tertiary/aromatic N) is 1. The maximum absolute atomic E-state index is 4.49. The Kier molecular flexibility index (Phi) is 2.85. The summed E-state index contributed by atoms with van der Waals surface area (Å²) in [6.45, 7) is 8.73. The molecular formula is C11H17N. The van der Waals surface area contributed by atoms with Crippen LogP contribution >= 0.6 is 0 Å². The molecule has 1 aromatic heterocycles. The molecule has 0 amide bonds. The zero-order valence-corrected chi connectivity index (χ0v) is 8.33. The standard InChI is InChI=1S/C11H17N/c1-8(2)10(4)11-7-5-6-9(3)12-11/h5-8,10H,1-4H3. The number of hydrogen-bond donors (Lipinski definition) is 0. The van der Waals surface area contributed by atoms with E-state index in [1.807, 2.05) is 13.0 Å². The first-order valence-electron chi connectivity index (χ1n) is 4.55. The van der Waals surface area contributed by atoms with E-state index >= 15 is 0 Å². The smallest absolute Gasteiger partial charge is 0.0437 e. The highest BCUT2D eigenvalue weighted by Gasteiger charge is 2.10. The summed E-state index contributed by atoms with van der Waals surface area (Å²) in [4.78, 5) is 4.49. The molecule has 1 heterocycles. The second-order valence-corrected chi connectivity index (χ2v) is 3.74. The van der Waals surface area contributed by atoms with Crippen molar-refractivity contribution < 1.29 is 0 Å². The van der Waals surface area contributed by atoms with Gasteiger partial charge in [0.05, 0.1) is 0 Å². The molecule has 0 saturated heterocycles. The molecule has 0 aromatic carbocycles. The van der Waals surface area contributed by atoms with Crippen LogP contribution in [0.1, 0.15) is 38.1 Å². The second-order valence-electron chi connectivity index (χ2n) is 3.74. The van der Waals surface area contributed by atoms with E-state index in [0.717, 1.165) is 5.69 Å². The lowest BCUT2D eigenvalue weighted by Crippen LogP contribution is -2.04. The number of aromatic nitrogens is 1. The van der Waals surface area contributed by atoms with E-state index in [1.54, 1.807) is 0 Å². The molecule has 1 rings (SSSR count). The summed E-state index contributed by atoms with van der Waals surface area (Å²) < 4.78 is 0. The quantitative estimate of drug-likeness (QED) is 0.652. The van der Waals surface area contributed by atoms with Gasteiger partial charge in [-0.25, -0.2) is 0 Å². The summed E-state index contributed by atoms with van der Waals surface area (Å²) in [5, 5.41) is 0. The van der Waals surface area contributed by atoms with Crippen LogP contribution in [-0.4, -0.2) is 4.98 Å². The molecule has 0 aliphatic carbocycles. The number of pyridine rings is 1. The van der Waals surface area contributed by atoms with Crippen molar-refractivity contribution in [1.82, 2.24) is 4.98 Å². The molecule has 0 aliphatic heterocycles. The van der Waals surface area contributed by atoms with Crippen molar-refractivity contribution in [2.45, 2.75) is 33.6 Å². The molecule has 0 radical (unpaired) electrons. The predicted molar refractivity (Wildman–Crippen MR) is 52.2 cm³/mol. The lowest BCUT2D eigenvalue weighted by atomic mass is 9.94. The topological polar surface area (TPSA) is 12.9 Å². The van der Waals surface area contributed by atoms with Crippen LogP contribution in [0.2, 0.25) is 0 Å². The van der Waals surface area contributed by atoms with Gasteiger partial charge in [-0.3, -0.25) is 4.98 Å². The highest BCUT2D eigenvalue weighted by atomic mass is 14.7. The van der Waals surface area contributed by atoms with E-state index in [1.165, 1.54) is 5.69 Å². The van der Waals surface area contributed by atoms with Gasteiger partial charge in [-0.1, -0.05) is 26.8 Å². The predicted octanol–water partition coefficient (Wildman–Crippen LogP) is 3.15. The Labute approximate surface area is 74.8 Å². The van der Waals surface area contributed by atoms with Crippen LogP contribution in [-0.2, 0) is 0 Å². The third-order valence-electron chi connectivity index (χ3n) is 2.38. The van der Waals surface area contributed by atoms with E-state index in [2.05, 4.69) is 37.9 Å². The first-order chi connectivity index (χ1) is 5.61. The zero-order chi connectivity index (χ0) is 9.14. The molecule has 1 nitrogen and oxygen atoms in total. The minimum absolute atomic E-state index is 0.560. The molecule has 0 fully saturated rings. The van der Waals surface area contributed by atoms with Crippen LogP contribution in [0, 0.1) is 12.8 Å². The summed E-state index contributed by atoms with van der Waals surface area (Å²) in [6.07, 6.45) is 0. The lowest BCUT2D eigenvalue weighted by Gasteiger charge is -2.14. The maximum atomic E-state index is 4.49. The summed E-state index contributed by atoms with van der Waals surface area (Å²) >= 11 is 0. The van der Waals surface area contributed by atoms with E-state index < -0.39 is 0 Å². The minimum Gasteiger partial charge on any atom is -0.258 e. The Hall–Kier alpha value is -0.850. The Morgan fingerprint density at radius 1 is 1.17 bits per heavy atom. The number of rotatable bonds is 2. The Morgan fingerprint density at radius 2 is 1.83 bits per heavy atom. The van der Waals surface area contributed by atoms with Crippen LogP contribution in [0.4, 0.5) is 0 Å². The van der Waals surface area contributed by atoms with Gasteiger partial charge in [0, 0.05) is 17.3 Å². The van der Waals surface area contributed by atoms with E-state index in [-0.39, 0.29) is 0 Å². The summed E-state index contributed by atoms with van der Waals surface area (Å²) in [6, 6.07) is 6.23. The zero-order valence-electron chi connectivity index (χ0n) is 8.33. The monoisotopic (exact) mass is 163 g/mol. The van der Waals surface area contributed by atoms with Crippen LogP contribution in [0.3, 0.4) is 0 Å². The molecule has 0 N–H and O–H groups in total. The molecule has 0 saturated carbocycles. The molecule has 1 heteroatoms. The number of hydrogen-bond acceptors (Lipinski definition) is 1. The summed E-state index contributed by atoms with van der Waals surface area (Å²) in [5.41, 5.74) is 2.32. The van der Waals surface area contributed by atoms with Gasteiger partial charge in [0.15, 0.2) is 0 Å². The molecular weight excluding hydrogens is 146 g/mol. The molecule has 0 spiro atoms. The highest BCUT2D eigenvalue weighted by Crippen LogP contribution is 2.21. The molecule has 1 aromatic rings. The molecule has 12 heavy (non-hydrogen) atoms. The van der Waals surface area contributed by atoms with Crippen molar-refractivity contribution in [2.75, 3.05) is 0 Å². The maximum Gasteiger partial charge on any atom is 0.0437 e. The Morgan fingerprint density at radius 3 is 2.33 bits per heavy atom. The fourth-order valence-electron chi connectivity index (χ4n) is 1.16. The van der Waals surface area contributed by atoms with Crippen LogP contribution in [0.15, 0.2) is 18.2 Å². The Balaban J connectivity index is 2.88. The van der Waals surface area contributed by atoms with Crippen LogP contribution in [0.5, 0.6) is 0 Å². The number of aryl methyl sites for hydroxylation is 1. The fourth-order valence-corrected chi connectivity index (χ4v) is 1.16. The minimum atomic E-state index is 0.560. The normalized spacial score (nSPS) is 13.4. The van der Waals surface area contributed by atoms with Crippen molar-refractivity contribution in [3.63, 3.8) is 0 Å². The SMILES string of the molecule is Cc1cccc(C(C)C(C)C)n1. The van der Waals surface area contributed by atoms with Gasteiger partial charge >= 0.3 is 0 Å². The first-order valence-corrected chi connectivity index (χ1v) is 4.55. The molecule has 0 aliphatic rings. The molecule has 66 valence electrons. The van der Waals surface area contributed by atoms with Crippen LogP contribution < -0.4 is 0 Å². The molecule has 1 atom stereocenters. The van der Waals surface area contributed by atoms with E-state index in [9.17, 15) is 0 Å². The fraction of sp³-hybridized carbons (Fsp3) is 0.545. The van der Waals surface area contributed by atoms with Crippen molar-refractivity contribution in [3.8, 4) is 0 Å². The van der Waals surface area contributed by atoms with Gasteiger partial charge in [-0.05, 0) is 25.0 Å². The van der Waals surface area contributed by atoms with Crippen molar-refractivity contribution in [1.29, 1.82) is 0 Å². The first kappa shape index (κ1) is 9.24. The van der Waals surface area contributed by atoms with Gasteiger partial charge in [0.2, 0.25) is 0 Å². The van der Waals surface area contributed by atoms with Gasteiger partial charge in [0.25, 0.3) is 0 Å². The third kappa shape index (κ3) is 2.07. The third-order valence-corrected chi connectivity index (χ3v) is 2.38. The molecule has 1 unspecified atom stereocenters. The van der Waals surface area contributed by atoms with Gasteiger partial charge in [-0.2, -0.15) is 0 Å². The van der Waals surface area contributed by atoms with Crippen LogP contribution in [0.25, 0.3) is 0 Å². The largest absolute Gasteiger partial charge is 0.258 e. The summed E-state index contributed by atoms with van der Waals surface area (Å²) in [5.74, 6) is 1.23. The molecule has 0 bridgehead atoms. The Bertz CT molecular complexity index is 253. The van der Waals surface area contributed by atoms with Crippen molar-refractivity contribution in [2.24, 2.45) is 5.92 Å². The van der Waals surface area contributed by atoms with Gasteiger partial charge < -0.3 is 0 Å². The van der Waals surface area contributed by atoms with E-state index in [4.69, 9.17) is 0 Å². The van der Waals surface area contributed by atoms with E-state index in [0.29, 0.717) is 11.8 Å². The van der Waals surface area contributed by atoms with Gasteiger partial charge in [-0.15, -0.1) is 0 Å².